The van der Waals surface area contributed by atoms with E-state index in [-0.39, 0.29) is 24.0 Å². The minimum absolute atomic E-state index is 0. The molecule has 0 saturated heterocycles. The van der Waals surface area contributed by atoms with Gasteiger partial charge in [-0.25, -0.2) is 0 Å². The van der Waals surface area contributed by atoms with Crippen LogP contribution in [0.15, 0.2) is 4.99 Å². The highest BCUT2D eigenvalue weighted by atomic mass is 127. The fourth-order valence-corrected chi connectivity index (χ4v) is 1.17. The van der Waals surface area contributed by atoms with Crippen molar-refractivity contribution >= 4 is 29.9 Å². The third-order valence-electron chi connectivity index (χ3n) is 1.91. The van der Waals surface area contributed by atoms with Gasteiger partial charge in [-0.05, 0) is 40.4 Å². The molecule has 0 aliphatic rings. The topological polar surface area (TPSA) is 39.7 Å². The van der Waals surface area contributed by atoms with E-state index < -0.39 is 0 Å². The van der Waals surface area contributed by atoms with Crippen LogP contribution < -0.4 is 10.6 Å². The van der Waals surface area contributed by atoms with Crippen molar-refractivity contribution in [2.45, 2.75) is 26.7 Å². The molecule has 0 fully saturated rings. The maximum Gasteiger partial charge on any atom is 0.191 e. The molecule has 0 atom stereocenters. The SMILES string of the molecule is CCCN=C(NCC)NCCCN(C)C.I. The van der Waals surface area contributed by atoms with Gasteiger partial charge in [-0.3, -0.25) is 4.99 Å². The van der Waals surface area contributed by atoms with Crippen molar-refractivity contribution in [2.75, 3.05) is 40.3 Å². The second kappa shape index (κ2) is 13.0. The Morgan fingerprint density at radius 3 is 2.38 bits per heavy atom. The molecule has 4 nitrogen and oxygen atoms in total. The van der Waals surface area contributed by atoms with E-state index in [2.05, 4.69) is 48.5 Å². The van der Waals surface area contributed by atoms with Gasteiger partial charge in [-0.1, -0.05) is 6.92 Å². The van der Waals surface area contributed by atoms with Gasteiger partial charge < -0.3 is 15.5 Å². The maximum atomic E-state index is 4.43. The monoisotopic (exact) mass is 342 g/mol. The lowest BCUT2D eigenvalue weighted by Gasteiger charge is -2.13. The summed E-state index contributed by atoms with van der Waals surface area (Å²) in [4.78, 5) is 6.62. The van der Waals surface area contributed by atoms with E-state index in [1.807, 2.05) is 0 Å². The van der Waals surface area contributed by atoms with E-state index in [1.54, 1.807) is 0 Å². The van der Waals surface area contributed by atoms with Crippen LogP contribution in [0.1, 0.15) is 26.7 Å². The molecule has 0 aromatic heterocycles. The molecular weight excluding hydrogens is 315 g/mol. The Kier molecular flexibility index (Phi) is 14.9. The van der Waals surface area contributed by atoms with Crippen LogP contribution in [-0.4, -0.2) is 51.1 Å². The Labute approximate surface area is 117 Å². The van der Waals surface area contributed by atoms with Crippen molar-refractivity contribution in [1.82, 2.24) is 15.5 Å². The van der Waals surface area contributed by atoms with Crippen molar-refractivity contribution in [1.29, 1.82) is 0 Å². The number of hydrogen-bond acceptors (Lipinski definition) is 2. The molecule has 0 aliphatic carbocycles. The highest BCUT2D eigenvalue weighted by Gasteiger charge is 1.95. The van der Waals surface area contributed by atoms with Gasteiger partial charge in [-0.2, -0.15) is 0 Å². The van der Waals surface area contributed by atoms with Crippen LogP contribution in [-0.2, 0) is 0 Å². The summed E-state index contributed by atoms with van der Waals surface area (Å²) in [6, 6.07) is 0. The molecule has 0 heterocycles. The highest BCUT2D eigenvalue weighted by molar-refractivity contribution is 14.0. The predicted octanol–water partition coefficient (Wildman–Crippen LogP) is 1.52. The summed E-state index contributed by atoms with van der Waals surface area (Å²) >= 11 is 0. The fraction of sp³-hybridized carbons (Fsp3) is 0.909. The van der Waals surface area contributed by atoms with Crippen LogP contribution in [0.25, 0.3) is 0 Å². The quantitative estimate of drug-likeness (QED) is 0.319. The average Bonchev–Trinajstić information content (AvgIpc) is 2.20. The van der Waals surface area contributed by atoms with E-state index in [1.165, 1.54) is 0 Å². The van der Waals surface area contributed by atoms with Crippen LogP contribution in [0.5, 0.6) is 0 Å². The first-order valence-corrected chi connectivity index (χ1v) is 5.87. The van der Waals surface area contributed by atoms with Gasteiger partial charge in [0.1, 0.15) is 0 Å². The third-order valence-corrected chi connectivity index (χ3v) is 1.91. The van der Waals surface area contributed by atoms with E-state index in [0.29, 0.717) is 0 Å². The standard InChI is InChI=1S/C11H26N4.HI/c1-5-8-13-11(12-6-2)14-9-7-10-15(3)4;/h5-10H2,1-4H3,(H2,12,13,14);1H. The Morgan fingerprint density at radius 2 is 1.88 bits per heavy atom. The lowest BCUT2D eigenvalue weighted by molar-refractivity contribution is 0.399. The van der Waals surface area contributed by atoms with E-state index in [4.69, 9.17) is 0 Å². The number of aliphatic imine (C=N–C) groups is 1. The van der Waals surface area contributed by atoms with Crippen molar-refractivity contribution in [3.05, 3.63) is 0 Å². The smallest absolute Gasteiger partial charge is 0.191 e. The van der Waals surface area contributed by atoms with Crippen molar-refractivity contribution in [2.24, 2.45) is 4.99 Å². The number of hydrogen-bond donors (Lipinski definition) is 2. The Hall–Kier alpha value is -0.0400. The molecule has 0 spiro atoms. The molecule has 0 amide bonds. The van der Waals surface area contributed by atoms with E-state index in [9.17, 15) is 0 Å². The van der Waals surface area contributed by atoms with Gasteiger partial charge in [0.05, 0.1) is 0 Å². The first-order chi connectivity index (χ1) is 7.20. The van der Waals surface area contributed by atoms with Gasteiger partial charge in [0.15, 0.2) is 5.96 Å². The van der Waals surface area contributed by atoms with Gasteiger partial charge in [0, 0.05) is 19.6 Å². The normalized spacial score (nSPS) is 11.2. The first kappa shape index (κ1) is 18.3. The summed E-state index contributed by atoms with van der Waals surface area (Å²) in [5, 5.41) is 6.55. The molecule has 5 heteroatoms. The molecule has 0 aliphatic heterocycles. The second-order valence-electron chi connectivity index (χ2n) is 3.84. The van der Waals surface area contributed by atoms with Crippen molar-refractivity contribution < 1.29 is 0 Å². The largest absolute Gasteiger partial charge is 0.357 e. The van der Waals surface area contributed by atoms with Crippen LogP contribution >= 0.6 is 24.0 Å². The van der Waals surface area contributed by atoms with Crippen LogP contribution in [0.2, 0.25) is 0 Å². The number of rotatable bonds is 7. The lowest BCUT2D eigenvalue weighted by atomic mass is 10.4. The number of nitrogens with zero attached hydrogens (tertiary/aromatic N) is 2. The molecule has 16 heavy (non-hydrogen) atoms. The molecule has 98 valence electrons. The molecule has 0 saturated carbocycles. The summed E-state index contributed by atoms with van der Waals surface area (Å²) in [5.41, 5.74) is 0. The summed E-state index contributed by atoms with van der Waals surface area (Å²) in [6.07, 6.45) is 2.23. The van der Waals surface area contributed by atoms with Gasteiger partial charge >= 0.3 is 0 Å². The van der Waals surface area contributed by atoms with E-state index in [0.717, 1.165) is 45.0 Å². The average molecular weight is 342 g/mol. The van der Waals surface area contributed by atoms with Crippen LogP contribution in [0.3, 0.4) is 0 Å². The number of guanidine groups is 1. The van der Waals surface area contributed by atoms with Gasteiger partial charge in [0.25, 0.3) is 0 Å². The lowest BCUT2D eigenvalue weighted by Crippen LogP contribution is -2.38. The zero-order chi connectivity index (χ0) is 11.5. The minimum Gasteiger partial charge on any atom is -0.357 e. The molecule has 0 rings (SSSR count). The molecule has 0 aromatic rings. The van der Waals surface area contributed by atoms with Gasteiger partial charge in [0.2, 0.25) is 0 Å². The Morgan fingerprint density at radius 1 is 1.19 bits per heavy atom. The second-order valence-corrected chi connectivity index (χ2v) is 3.84. The molecule has 0 unspecified atom stereocenters. The summed E-state index contributed by atoms with van der Waals surface area (Å²) in [6.45, 7) is 8.13. The maximum absolute atomic E-state index is 4.43. The van der Waals surface area contributed by atoms with Crippen molar-refractivity contribution in [3.8, 4) is 0 Å². The fourth-order valence-electron chi connectivity index (χ4n) is 1.17. The van der Waals surface area contributed by atoms with Crippen LogP contribution in [0, 0.1) is 0 Å². The number of halogens is 1. The zero-order valence-electron chi connectivity index (χ0n) is 11.0. The molecule has 0 aromatic carbocycles. The zero-order valence-corrected chi connectivity index (χ0v) is 13.4. The van der Waals surface area contributed by atoms with Crippen molar-refractivity contribution in [3.63, 3.8) is 0 Å². The van der Waals surface area contributed by atoms with E-state index >= 15 is 0 Å². The third kappa shape index (κ3) is 12.0. The summed E-state index contributed by atoms with van der Waals surface area (Å²) < 4.78 is 0. The molecule has 0 bridgehead atoms. The van der Waals surface area contributed by atoms with Gasteiger partial charge in [-0.15, -0.1) is 24.0 Å². The molecule has 2 N–H and O–H groups in total. The Balaban J connectivity index is 0. The predicted molar refractivity (Wildman–Crippen MR) is 82.9 cm³/mol. The highest BCUT2D eigenvalue weighted by Crippen LogP contribution is 1.82. The first-order valence-electron chi connectivity index (χ1n) is 5.87. The number of nitrogens with one attached hydrogen (secondary N) is 2. The van der Waals surface area contributed by atoms with Crippen LogP contribution in [0.4, 0.5) is 0 Å². The summed E-state index contributed by atoms with van der Waals surface area (Å²) in [7, 11) is 4.19. The molecular formula is C11H27IN4. The minimum atomic E-state index is 0. The Bertz CT molecular complexity index is 171. The molecule has 0 radical (unpaired) electrons. The summed E-state index contributed by atoms with van der Waals surface area (Å²) in [5.74, 6) is 0.943.